The topological polar surface area (TPSA) is 25.8 Å². The predicted molar refractivity (Wildman–Crippen MR) is 145 cm³/mol. The smallest absolute Gasteiger partial charge is 0.116 e. The second-order valence-corrected chi connectivity index (χ2v) is 11.4. The number of nitrogens with zero attached hydrogens (tertiary/aromatic N) is 2. The summed E-state index contributed by atoms with van der Waals surface area (Å²) in [5.41, 5.74) is 8.21. The molecule has 0 aliphatic rings. The minimum absolute atomic E-state index is 0.420. The average Bonchev–Trinajstić information content (AvgIpc) is 3.34. The molecule has 162 valence electrons. The first kappa shape index (κ1) is 20.5. The fraction of sp³-hybridized carbons (Fsp3) is 0.172. The van der Waals surface area contributed by atoms with Gasteiger partial charge in [0, 0.05) is 36.7 Å². The second-order valence-electron chi connectivity index (χ2n) is 9.01. The molecule has 3 heterocycles. The molecule has 0 fully saturated rings. The van der Waals surface area contributed by atoms with Crippen molar-refractivity contribution in [2.24, 2.45) is 0 Å². The number of hydrogen-bond donors (Lipinski definition) is 0. The summed E-state index contributed by atoms with van der Waals surface area (Å²) < 4.78 is 4.12. The van der Waals surface area contributed by atoms with Crippen molar-refractivity contribution in [1.29, 1.82) is 0 Å². The number of thiophene rings is 2. The SMILES string of the molecule is Cc1cccc(C)c1-c1cc(-c2cc(C(C)C)c3c(c2)sc2sc4ccccc4c23)ncn1. The third-order valence-electron chi connectivity index (χ3n) is 6.47. The van der Waals surface area contributed by atoms with Crippen molar-refractivity contribution >= 4 is 52.2 Å². The standard InChI is InChI=1S/C29H24N2S2/c1-16(2)21-12-19(22-14-23(31-15-30-22)26-17(3)8-7-9-18(26)4)13-25-27(21)28-20-10-5-6-11-24(20)32-29(28)33-25/h5-16H,1-4H3. The zero-order chi connectivity index (χ0) is 22.7. The van der Waals surface area contributed by atoms with Crippen LogP contribution in [-0.4, -0.2) is 9.97 Å². The van der Waals surface area contributed by atoms with Crippen molar-refractivity contribution in [1.82, 2.24) is 9.97 Å². The fourth-order valence-corrected chi connectivity index (χ4v) is 7.56. The third-order valence-corrected chi connectivity index (χ3v) is 8.87. The number of aryl methyl sites for hydroxylation is 2. The highest BCUT2D eigenvalue weighted by molar-refractivity contribution is 7.44. The molecular weight excluding hydrogens is 440 g/mol. The van der Waals surface area contributed by atoms with E-state index >= 15 is 0 Å². The molecular formula is C29H24N2S2. The molecule has 0 bridgehead atoms. The molecule has 0 atom stereocenters. The van der Waals surface area contributed by atoms with Gasteiger partial charge in [0.25, 0.3) is 0 Å². The molecule has 0 amide bonds. The molecule has 0 aliphatic heterocycles. The highest BCUT2D eigenvalue weighted by Gasteiger charge is 2.19. The molecule has 0 N–H and O–H groups in total. The summed E-state index contributed by atoms with van der Waals surface area (Å²) >= 11 is 3.81. The van der Waals surface area contributed by atoms with E-state index in [-0.39, 0.29) is 0 Å². The Kier molecular flexibility index (Phi) is 4.82. The summed E-state index contributed by atoms with van der Waals surface area (Å²) in [6.45, 7) is 8.88. The van der Waals surface area contributed by atoms with Crippen molar-refractivity contribution in [3.05, 3.63) is 83.7 Å². The lowest BCUT2D eigenvalue weighted by Crippen LogP contribution is -1.95. The lowest BCUT2D eigenvalue weighted by Gasteiger charge is -2.13. The van der Waals surface area contributed by atoms with Gasteiger partial charge in [-0.05, 0) is 60.7 Å². The second kappa shape index (κ2) is 7.75. The average molecular weight is 465 g/mol. The van der Waals surface area contributed by atoms with E-state index in [1.165, 1.54) is 57.4 Å². The lowest BCUT2D eigenvalue weighted by atomic mass is 9.93. The van der Waals surface area contributed by atoms with Gasteiger partial charge in [0.1, 0.15) is 6.33 Å². The van der Waals surface area contributed by atoms with E-state index in [0.29, 0.717) is 5.92 Å². The van der Waals surface area contributed by atoms with Crippen LogP contribution in [0.5, 0.6) is 0 Å². The molecule has 2 nitrogen and oxygen atoms in total. The van der Waals surface area contributed by atoms with Gasteiger partial charge in [-0.15, -0.1) is 22.7 Å². The number of hydrogen-bond acceptors (Lipinski definition) is 4. The Morgan fingerprint density at radius 1 is 0.727 bits per heavy atom. The summed E-state index contributed by atoms with van der Waals surface area (Å²) in [6.07, 6.45) is 1.70. The molecule has 4 heteroatoms. The molecule has 0 radical (unpaired) electrons. The fourth-order valence-electron chi connectivity index (χ4n) is 4.89. The highest BCUT2D eigenvalue weighted by Crippen LogP contribution is 2.47. The zero-order valence-electron chi connectivity index (χ0n) is 19.1. The van der Waals surface area contributed by atoms with Gasteiger partial charge in [-0.1, -0.05) is 50.2 Å². The van der Waals surface area contributed by atoms with E-state index in [4.69, 9.17) is 0 Å². The van der Waals surface area contributed by atoms with Crippen LogP contribution in [0.15, 0.2) is 67.0 Å². The van der Waals surface area contributed by atoms with Crippen LogP contribution in [-0.2, 0) is 0 Å². The molecule has 0 spiro atoms. The molecule has 33 heavy (non-hydrogen) atoms. The largest absolute Gasteiger partial charge is 0.236 e. The van der Waals surface area contributed by atoms with Crippen molar-refractivity contribution in [2.75, 3.05) is 0 Å². The molecule has 3 aromatic carbocycles. The van der Waals surface area contributed by atoms with Gasteiger partial charge in [0.05, 0.1) is 15.4 Å². The minimum Gasteiger partial charge on any atom is -0.236 e. The van der Waals surface area contributed by atoms with E-state index in [1.807, 2.05) is 22.7 Å². The van der Waals surface area contributed by atoms with Crippen molar-refractivity contribution < 1.29 is 0 Å². The van der Waals surface area contributed by atoms with Crippen molar-refractivity contribution in [2.45, 2.75) is 33.6 Å². The summed E-state index contributed by atoms with van der Waals surface area (Å²) in [5.74, 6) is 0.420. The maximum atomic E-state index is 4.69. The zero-order valence-corrected chi connectivity index (χ0v) is 20.8. The Morgan fingerprint density at radius 2 is 1.45 bits per heavy atom. The first-order chi connectivity index (χ1) is 16.0. The first-order valence-electron chi connectivity index (χ1n) is 11.3. The van der Waals surface area contributed by atoms with Gasteiger partial charge in [0.2, 0.25) is 0 Å². The Bertz CT molecular complexity index is 1650. The number of benzene rings is 3. The monoisotopic (exact) mass is 464 g/mol. The summed E-state index contributed by atoms with van der Waals surface area (Å²) in [4.78, 5) is 9.32. The van der Waals surface area contributed by atoms with Gasteiger partial charge in [-0.25, -0.2) is 9.97 Å². The number of aromatic nitrogens is 2. The first-order valence-corrected chi connectivity index (χ1v) is 12.9. The van der Waals surface area contributed by atoms with Crippen LogP contribution in [0.2, 0.25) is 0 Å². The highest BCUT2D eigenvalue weighted by atomic mass is 32.2. The van der Waals surface area contributed by atoms with E-state index in [0.717, 1.165) is 11.4 Å². The lowest BCUT2D eigenvalue weighted by molar-refractivity contribution is 0.877. The summed E-state index contributed by atoms with van der Waals surface area (Å²) in [7, 11) is 0. The summed E-state index contributed by atoms with van der Waals surface area (Å²) in [5, 5.41) is 4.21. The van der Waals surface area contributed by atoms with E-state index in [9.17, 15) is 0 Å². The number of rotatable bonds is 3. The van der Waals surface area contributed by atoms with Crippen LogP contribution in [0.4, 0.5) is 0 Å². The molecule has 6 rings (SSSR count). The maximum Gasteiger partial charge on any atom is 0.116 e. The normalized spacial score (nSPS) is 11.9. The van der Waals surface area contributed by atoms with Crippen LogP contribution in [0.1, 0.15) is 36.5 Å². The van der Waals surface area contributed by atoms with Crippen molar-refractivity contribution in [3.8, 4) is 22.5 Å². The van der Waals surface area contributed by atoms with Crippen LogP contribution in [0.25, 0.3) is 52.1 Å². The van der Waals surface area contributed by atoms with Crippen molar-refractivity contribution in [3.63, 3.8) is 0 Å². The quantitative estimate of drug-likeness (QED) is 0.261. The summed E-state index contributed by atoms with van der Waals surface area (Å²) in [6, 6.07) is 22.0. The van der Waals surface area contributed by atoms with Gasteiger partial charge >= 0.3 is 0 Å². The molecule has 0 saturated heterocycles. The maximum absolute atomic E-state index is 4.69. The third kappa shape index (κ3) is 3.28. The van der Waals surface area contributed by atoms with Crippen LogP contribution in [0, 0.1) is 13.8 Å². The van der Waals surface area contributed by atoms with E-state index in [2.05, 4.69) is 98.3 Å². The predicted octanol–water partition coefficient (Wildman–Crippen LogP) is 9.13. The Balaban J connectivity index is 1.59. The van der Waals surface area contributed by atoms with Gasteiger partial charge in [-0.2, -0.15) is 0 Å². The number of fused-ring (bicyclic) bond motifs is 5. The Morgan fingerprint density at radius 3 is 2.24 bits per heavy atom. The van der Waals surface area contributed by atoms with Gasteiger partial charge < -0.3 is 0 Å². The van der Waals surface area contributed by atoms with Gasteiger partial charge in [0.15, 0.2) is 0 Å². The molecule has 6 aromatic rings. The van der Waals surface area contributed by atoms with E-state index in [1.54, 1.807) is 6.33 Å². The van der Waals surface area contributed by atoms with Crippen LogP contribution < -0.4 is 0 Å². The van der Waals surface area contributed by atoms with Crippen LogP contribution >= 0.6 is 22.7 Å². The molecule has 0 aliphatic carbocycles. The Hall–Kier alpha value is -3.08. The molecule has 0 unspecified atom stereocenters. The van der Waals surface area contributed by atoms with Crippen LogP contribution in [0.3, 0.4) is 0 Å². The van der Waals surface area contributed by atoms with Gasteiger partial charge in [-0.3, -0.25) is 0 Å². The Labute approximate surface area is 201 Å². The minimum atomic E-state index is 0.420. The molecule has 0 saturated carbocycles. The van der Waals surface area contributed by atoms with E-state index < -0.39 is 0 Å². The molecule has 3 aromatic heterocycles.